The number of rotatable bonds is 6. The maximum atomic E-state index is 6.17. The summed E-state index contributed by atoms with van der Waals surface area (Å²) in [6.07, 6.45) is 1.91. The molecule has 4 aromatic rings. The summed E-state index contributed by atoms with van der Waals surface area (Å²) in [7, 11) is 5.13. The lowest BCUT2D eigenvalue weighted by Crippen LogP contribution is -2.25. The number of nitrogens with zero attached hydrogens (tertiary/aromatic N) is 1. The summed E-state index contributed by atoms with van der Waals surface area (Å²) in [5.74, 6) is 3.39. The summed E-state index contributed by atoms with van der Waals surface area (Å²) in [5.41, 5.74) is 5.67. The Morgan fingerprint density at radius 1 is 0.818 bits per heavy atom. The fourth-order valence-corrected chi connectivity index (χ4v) is 4.73. The van der Waals surface area contributed by atoms with Gasteiger partial charge in [0.15, 0.2) is 11.3 Å². The molecule has 5 nitrogen and oxygen atoms in total. The Morgan fingerprint density at radius 2 is 1.61 bits per heavy atom. The maximum Gasteiger partial charge on any atom is 0.176 e. The predicted molar refractivity (Wildman–Crippen MR) is 130 cm³/mol. The van der Waals surface area contributed by atoms with Crippen molar-refractivity contribution in [2.24, 2.45) is 0 Å². The van der Waals surface area contributed by atoms with Crippen molar-refractivity contribution in [1.82, 2.24) is 4.90 Å². The quantitative estimate of drug-likeness (QED) is 0.381. The lowest BCUT2D eigenvalue weighted by molar-refractivity contribution is 0.278. The number of furan rings is 1. The molecular formula is C28H29NO4. The Bertz CT molecular complexity index is 1260. The minimum Gasteiger partial charge on any atom is -0.497 e. The van der Waals surface area contributed by atoms with Gasteiger partial charge in [0.25, 0.3) is 0 Å². The number of methoxy groups -OCH3 is 3. The topological polar surface area (TPSA) is 44.1 Å². The highest BCUT2D eigenvalue weighted by Crippen LogP contribution is 2.36. The fourth-order valence-electron chi connectivity index (χ4n) is 4.73. The van der Waals surface area contributed by atoms with Gasteiger partial charge in [-0.05, 0) is 53.8 Å². The van der Waals surface area contributed by atoms with Crippen LogP contribution >= 0.6 is 0 Å². The average molecular weight is 444 g/mol. The average Bonchev–Trinajstić information content (AvgIpc) is 3.19. The van der Waals surface area contributed by atoms with Crippen LogP contribution in [0, 0.1) is 0 Å². The van der Waals surface area contributed by atoms with E-state index in [2.05, 4.69) is 41.3 Å². The molecule has 170 valence electrons. The van der Waals surface area contributed by atoms with E-state index in [0.29, 0.717) is 0 Å². The highest BCUT2D eigenvalue weighted by molar-refractivity contribution is 5.88. The van der Waals surface area contributed by atoms with Crippen LogP contribution in [0.1, 0.15) is 16.7 Å². The van der Waals surface area contributed by atoms with Gasteiger partial charge in [-0.3, -0.25) is 4.90 Å². The first-order chi connectivity index (χ1) is 16.2. The molecule has 0 bridgehead atoms. The Balaban J connectivity index is 1.40. The minimum absolute atomic E-state index is 0.772. The summed E-state index contributed by atoms with van der Waals surface area (Å²) in [6, 6.07) is 20.7. The number of ether oxygens (including phenoxy) is 3. The van der Waals surface area contributed by atoms with Crippen LogP contribution in [0.2, 0.25) is 0 Å². The number of hydrogen-bond donors (Lipinski definition) is 0. The van der Waals surface area contributed by atoms with E-state index in [0.717, 1.165) is 72.0 Å². The third-order valence-corrected chi connectivity index (χ3v) is 6.43. The largest absolute Gasteiger partial charge is 0.497 e. The molecule has 0 spiro atoms. The van der Waals surface area contributed by atoms with E-state index in [-0.39, 0.29) is 0 Å². The first kappa shape index (κ1) is 21.4. The van der Waals surface area contributed by atoms with Crippen LogP contribution in [0.4, 0.5) is 0 Å². The molecule has 1 aromatic heterocycles. The van der Waals surface area contributed by atoms with E-state index in [1.165, 1.54) is 16.7 Å². The second-order valence-corrected chi connectivity index (χ2v) is 8.44. The Labute approximate surface area is 194 Å². The Kier molecular flexibility index (Phi) is 5.97. The molecule has 0 radical (unpaired) electrons. The van der Waals surface area contributed by atoms with Crippen LogP contribution in [0.3, 0.4) is 0 Å². The van der Waals surface area contributed by atoms with Gasteiger partial charge in [0.2, 0.25) is 0 Å². The molecule has 0 amide bonds. The van der Waals surface area contributed by atoms with Gasteiger partial charge in [-0.2, -0.15) is 0 Å². The summed E-state index contributed by atoms with van der Waals surface area (Å²) >= 11 is 0. The SMILES string of the molecule is COc1cc2c(c(OC)c1)CCN(Cc1cc(OC)c3oc(-c4ccccc4)cc3c1)CC2. The fraction of sp³-hybridized carbons (Fsp3) is 0.286. The zero-order valence-electron chi connectivity index (χ0n) is 19.4. The van der Waals surface area contributed by atoms with Crippen molar-refractivity contribution < 1.29 is 18.6 Å². The van der Waals surface area contributed by atoms with Gasteiger partial charge >= 0.3 is 0 Å². The van der Waals surface area contributed by atoms with Gasteiger partial charge in [-0.15, -0.1) is 0 Å². The van der Waals surface area contributed by atoms with E-state index in [4.69, 9.17) is 18.6 Å². The molecule has 0 atom stereocenters. The standard InChI is InChI=1S/C28H29NO4/c1-30-23-15-21-9-11-29(12-10-24(21)26(17-23)31-2)18-19-13-22-16-25(20-7-5-4-6-8-20)33-28(22)27(14-19)32-3/h4-8,13-17H,9-12,18H2,1-3H3. The van der Waals surface area contributed by atoms with Gasteiger partial charge < -0.3 is 18.6 Å². The van der Waals surface area contributed by atoms with Crippen molar-refractivity contribution in [3.63, 3.8) is 0 Å². The molecule has 0 unspecified atom stereocenters. The van der Waals surface area contributed by atoms with Gasteiger partial charge in [-0.25, -0.2) is 0 Å². The number of hydrogen-bond acceptors (Lipinski definition) is 5. The molecule has 0 fully saturated rings. The second-order valence-electron chi connectivity index (χ2n) is 8.44. The summed E-state index contributed by atoms with van der Waals surface area (Å²) in [4.78, 5) is 2.49. The third kappa shape index (κ3) is 4.29. The van der Waals surface area contributed by atoms with Gasteiger partial charge in [0, 0.05) is 36.7 Å². The molecule has 1 aliphatic rings. The van der Waals surface area contributed by atoms with E-state index in [1.807, 2.05) is 24.3 Å². The molecule has 0 aliphatic carbocycles. The van der Waals surface area contributed by atoms with Crippen LogP contribution < -0.4 is 14.2 Å². The summed E-state index contributed by atoms with van der Waals surface area (Å²) in [5, 5.41) is 1.06. The summed E-state index contributed by atoms with van der Waals surface area (Å²) < 4.78 is 23.0. The van der Waals surface area contributed by atoms with Gasteiger partial charge in [0.05, 0.1) is 21.3 Å². The molecule has 0 saturated heterocycles. The molecule has 2 heterocycles. The minimum atomic E-state index is 0.772. The first-order valence-corrected chi connectivity index (χ1v) is 11.3. The van der Waals surface area contributed by atoms with Crippen molar-refractivity contribution >= 4 is 11.0 Å². The normalized spacial score (nSPS) is 14.0. The molecule has 5 rings (SSSR count). The zero-order valence-corrected chi connectivity index (χ0v) is 19.4. The van der Waals surface area contributed by atoms with Crippen molar-refractivity contribution in [3.05, 3.63) is 77.4 Å². The highest BCUT2D eigenvalue weighted by atomic mass is 16.5. The zero-order chi connectivity index (χ0) is 22.8. The maximum absolute atomic E-state index is 6.17. The monoisotopic (exact) mass is 443 g/mol. The van der Waals surface area contributed by atoms with Crippen molar-refractivity contribution in [1.29, 1.82) is 0 Å². The van der Waals surface area contributed by atoms with E-state index in [1.54, 1.807) is 21.3 Å². The molecule has 33 heavy (non-hydrogen) atoms. The molecule has 1 aliphatic heterocycles. The third-order valence-electron chi connectivity index (χ3n) is 6.43. The van der Waals surface area contributed by atoms with E-state index >= 15 is 0 Å². The van der Waals surface area contributed by atoms with Crippen LogP contribution in [0.5, 0.6) is 17.2 Å². The van der Waals surface area contributed by atoms with Crippen molar-refractivity contribution in [3.8, 4) is 28.6 Å². The molecule has 5 heteroatoms. The van der Waals surface area contributed by atoms with Crippen LogP contribution in [-0.4, -0.2) is 39.3 Å². The van der Waals surface area contributed by atoms with Gasteiger partial charge in [-0.1, -0.05) is 30.3 Å². The lowest BCUT2D eigenvalue weighted by atomic mass is 10.0. The molecule has 3 aromatic carbocycles. The lowest BCUT2D eigenvalue weighted by Gasteiger charge is -2.20. The van der Waals surface area contributed by atoms with Crippen LogP contribution in [0.25, 0.3) is 22.3 Å². The highest BCUT2D eigenvalue weighted by Gasteiger charge is 2.20. The van der Waals surface area contributed by atoms with Crippen LogP contribution in [-0.2, 0) is 19.4 Å². The number of fused-ring (bicyclic) bond motifs is 2. The molecule has 0 N–H and O–H groups in total. The number of benzene rings is 3. The molecule has 0 saturated carbocycles. The Morgan fingerprint density at radius 3 is 2.36 bits per heavy atom. The van der Waals surface area contributed by atoms with Crippen molar-refractivity contribution in [2.45, 2.75) is 19.4 Å². The van der Waals surface area contributed by atoms with E-state index in [9.17, 15) is 0 Å². The second kappa shape index (κ2) is 9.20. The smallest absolute Gasteiger partial charge is 0.176 e. The predicted octanol–water partition coefficient (Wildman–Crippen LogP) is 5.73. The van der Waals surface area contributed by atoms with Crippen LogP contribution in [0.15, 0.2) is 65.1 Å². The van der Waals surface area contributed by atoms with E-state index < -0.39 is 0 Å². The van der Waals surface area contributed by atoms with Gasteiger partial charge in [0.1, 0.15) is 17.3 Å². The molecular weight excluding hydrogens is 414 g/mol. The Hall–Kier alpha value is -3.44. The summed E-state index contributed by atoms with van der Waals surface area (Å²) in [6.45, 7) is 2.80. The van der Waals surface area contributed by atoms with Crippen molar-refractivity contribution in [2.75, 3.05) is 34.4 Å². The first-order valence-electron chi connectivity index (χ1n) is 11.3.